The third-order valence-corrected chi connectivity index (χ3v) is 2.34. The zero-order chi connectivity index (χ0) is 9.03. The fraction of sp³-hybridized carbons (Fsp3) is 1.00. The van der Waals surface area contributed by atoms with E-state index in [0.717, 1.165) is 19.3 Å². The summed E-state index contributed by atoms with van der Waals surface area (Å²) in [6.45, 7) is 2.93. The van der Waals surface area contributed by atoms with Crippen LogP contribution in [0.4, 0.5) is 4.39 Å². The Morgan fingerprint density at radius 3 is 2.67 bits per heavy atom. The maximum atomic E-state index is 13.8. The van der Waals surface area contributed by atoms with E-state index in [-0.39, 0.29) is 19.1 Å². The molecule has 0 aromatic heterocycles. The van der Waals surface area contributed by atoms with Crippen LogP contribution in [0.2, 0.25) is 0 Å². The second-order valence-electron chi connectivity index (χ2n) is 3.57. The molecular weight excluding hydrogens is 157 g/mol. The van der Waals surface area contributed by atoms with Crippen LogP contribution in [0.1, 0.15) is 26.2 Å². The van der Waals surface area contributed by atoms with Gasteiger partial charge in [0, 0.05) is 13.2 Å². The summed E-state index contributed by atoms with van der Waals surface area (Å²) in [5.74, 6) is 0.166. The molecule has 1 aliphatic rings. The Morgan fingerprint density at radius 2 is 2.25 bits per heavy atom. The van der Waals surface area contributed by atoms with Gasteiger partial charge in [-0.3, -0.25) is 0 Å². The Morgan fingerprint density at radius 1 is 1.58 bits per heavy atom. The molecule has 12 heavy (non-hydrogen) atoms. The lowest BCUT2D eigenvalue weighted by atomic mass is 10.0. The molecule has 1 aliphatic carbocycles. The van der Waals surface area contributed by atoms with Crippen LogP contribution in [-0.4, -0.2) is 25.4 Å². The van der Waals surface area contributed by atoms with Crippen LogP contribution < -0.4 is 5.73 Å². The zero-order valence-corrected chi connectivity index (χ0v) is 7.68. The predicted octanol–water partition coefficient (Wildman–Crippen LogP) is 1.49. The van der Waals surface area contributed by atoms with Crippen LogP contribution in [0.3, 0.4) is 0 Å². The van der Waals surface area contributed by atoms with Gasteiger partial charge >= 0.3 is 0 Å². The first-order valence-electron chi connectivity index (χ1n) is 4.69. The van der Waals surface area contributed by atoms with E-state index in [4.69, 9.17) is 10.5 Å². The van der Waals surface area contributed by atoms with E-state index in [1.807, 2.05) is 6.92 Å². The van der Waals surface area contributed by atoms with Crippen molar-refractivity contribution in [3.05, 3.63) is 0 Å². The first-order valence-corrected chi connectivity index (χ1v) is 4.69. The minimum absolute atomic E-state index is 0.0986. The monoisotopic (exact) mass is 175 g/mol. The summed E-state index contributed by atoms with van der Waals surface area (Å²) in [6, 6.07) is 0. The van der Waals surface area contributed by atoms with Crippen molar-refractivity contribution >= 4 is 0 Å². The Bertz CT molecular complexity index is 138. The lowest BCUT2D eigenvalue weighted by molar-refractivity contribution is 0.00646. The molecule has 0 saturated heterocycles. The standard InChI is InChI=1S/C9H18FNO/c1-2-5-12-7-9(10,6-11)8-3-4-8/h8H,2-7,11H2,1H3. The van der Waals surface area contributed by atoms with E-state index >= 15 is 0 Å². The maximum Gasteiger partial charge on any atom is 0.149 e. The average Bonchev–Trinajstić information content (AvgIpc) is 2.87. The van der Waals surface area contributed by atoms with E-state index in [9.17, 15) is 4.39 Å². The summed E-state index contributed by atoms with van der Waals surface area (Å²) in [7, 11) is 0. The Kier molecular flexibility index (Phi) is 3.47. The summed E-state index contributed by atoms with van der Waals surface area (Å²) >= 11 is 0. The van der Waals surface area contributed by atoms with E-state index < -0.39 is 5.67 Å². The largest absolute Gasteiger partial charge is 0.378 e. The summed E-state index contributed by atoms with van der Waals surface area (Å²) in [5, 5.41) is 0. The predicted molar refractivity (Wildman–Crippen MR) is 46.7 cm³/mol. The fourth-order valence-electron chi connectivity index (χ4n) is 1.33. The van der Waals surface area contributed by atoms with Crippen LogP contribution >= 0.6 is 0 Å². The van der Waals surface area contributed by atoms with Gasteiger partial charge in [0.05, 0.1) is 6.61 Å². The first-order chi connectivity index (χ1) is 5.73. The topological polar surface area (TPSA) is 35.2 Å². The third-order valence-electron chi connectivity index (χ3n) is 2.34. The van der Waals surface area contributed by atoms with Crippen molar-refractivity contribution in [1.82, 2.24) is 0 Å². The number of nitrogens with two attached hydrogens (primary N) is 1. The van der Waals surface area contributed by atoms with Gasteiger partial charge in [-0.15, -0.1) is 0 Å². The van der Waals surface area contributed by atoms with Crippen molar-refractivity contribution in [2.45, 2.75) is 31.9 Å². The maximum absolute atomic E-state index is 13.8. The molecule has 0 bridgehead atoms. The molecule has 3 heteroatoms. The van der Waals surface area contributed by atoms with Crippen LogP contribution in [0.15, 0.2) is 0 Å². The SMILES string of the molecule is CCCOCC(F)(CN)C1CC1. The van der Waals surface area contributed by atoms with E-state index in [1.165, 1.54) is 0 Å². The van der Waals surface area contributed by atoms with Crippen LogP contribution in [0.25, 0.3) is 0 Å². The van der Waals surface area contributed by atoms with E-state index in [2.05, 4.69) is 0 Å². The van der Waals surface area contributed by atoms with Crippen molar-refractivity contribution in [3.8, 4) is 0 Å². The fourth-order valence-corrected chi connectivity index (χ4v) is 1.33. The molecule has 0 aliphatic heterocycles. The lowest BCUT2D eigenvalue weighted by Crippen LogP contribution is -2.40. The van der Waals surface area contributed by atoms with Crippen LogP contribution in [-0.2, 0) is 4.74 Å². The quantitative estimate of drug-likeness (QED) is 0.621. The third kappa shape index (κ3) is 2.42. The number of alkyl halides is 1. The molecule has 1 fully saturated rings. The minimum atomic E-state index is -1.24. The van der Waals surface area contributed by atoms with Gasteiger partial charge in [-0.1, -0.05) is 6.92 Å². The normalized spacial score (nSPS) is 22.2. The molecule has 0 heterocycles. The smallest absolute Gasteiger partial charge is 0.149 e. The van der Waals surface area contributed by atoms with Crippen LogP contribution in [0, 0.1) is 5.92 Å². The van der Waals surface area contributed by atoms with E-state index in [1.54, 1.807) is 0 Å². The Balaban J connectivity index is 2.23. The molecule has 0 radical (unpaired) electrons. The van der Waals surface area contributed by atoms with Crippen LogP contribution in [0.5, 0.6) is 0 Å². The number of halogens is 1. The molecule has 0 aromatic carbocycles. The highest BCUT2D eigenvalue weighted by Gasteiger charge is 2.44. The number of hydrogen-bond acceptors (Lipinski definition) is 2. The molecule has 0 aromatic rings. The molecule has 0 spiro atoms. The molecule has 1 atom stereocenters. The number of rotatable bonds is 6. The molecular formula is C9H18FNO. The van der Waals surface area contributed by atoms with Gasteiger partial charge in [-0.2, -0.15) is 0 Å². The van der Waals surface area contributed by atoms with Gasteiger partial charge in [0.2, 0.25) is 0 Å². The highest BCUT2D eigenvalue weighted by atomic mass is 19.1. The van der Waals surface area contributed by atoms with E-state index in [0.29, 0.717) is 6.61 Å². The summed E-state index contributed by atoms with van der Waals surface area (Å²) < 4.78 is 19.0. The Hall–Kier alpha value is -0.150. The average molecular weight is 175 g/mol. The van der Waals surface area contributed by atoms with Crippen molar-refractivity contribution in [1.29, 1.82) is 0 Å². The molecule has 1 rings (SSSR count). The van der Waals surface area contributed by atoms with Gasteiger partial charge in [0.1, 0.15) is 5.67 Å². The Labute approximate surface area is 73.3 Å². The first kappa shape index (κ1) is 9.93. The van der Waals surface area contributed by atoms with Gasteiger partial charge in [-0.25, -0.2) is 4.39 Å². The van der Waals surface area contributed by atoms with Gasteiger partial charge < -0.3 is 10.5 Å². The molecule has 0 amide bonds. The molecule has 2 N–H and O–H groups in total. The van der Waals surface area contributed by atoms with Gasteiger partial charge in [0.15, 0.2) is 0 Å². The molecule has 2 nitrogen and oxygen atoms in total. The molecule has 1 saturated carbocycles. The van der Waals surface area contributed by atoms with Gasteiger partial charge in [-0.05, 0) is 25.2 Å². The van der Waals surface area contributed by atoms with Crippen molar-refractivity contribution in [2.24, 2.45) is 11.7 Å². The number of ether oxygens (including phenoxy) is 1. The second kappa shape index (κ2) is 4.19. The molecule has 1 unspecified atom stereocenters. The highest BCUT2D eigenvalue weighted by molar-refractivity contribution is 4.95. The summed E-state index contributed by atoms with van der Waals surface area (Å²) in [4.78, 5) is 0. The lowest BCUT2D eigenvalue weighted by Gasteiger charge is -2.22. The molecule has 72 valence electrons. The van der Waals surface area contributed by atoms with Gasteiger partial charge in [0.25, 0.3) is 0 Å². The zero-order valence-electron chi connectivity index (χ0n) is 7.68. The second-order valence-corrected chi connectivity index (χ2v) is 3.57. The summed E-state index contributed by atoms with van der Waals surface area (Å²) in [6.07, 6.45) is 2.89. The van der Waals surface area contributed by atoms with Crippen molar-refractivity contribution in [3.63, 3.8) is 0 Å². The van der Waals surface area contributed by atoms with Crippen molar-refractivity contribution < 1.29 is 9.13 Å². The van der Waals surface area contributed by atoms with Crippen molar-refractivity contribution in [2.75, 3.05) is 19.8 Å². The minimum Gasteiger partial charge on any atom is -0.378 e. The summed E-state index contributed by atoms with van der Waals surface area (Å²) in [5.41, 5.74) is 4.13. The highest BCUT2D eigenvalue weighted by Crippen LogP contribution is 2.41. The number of hydrogen-bond donors (Lipinski definition) is 1.